The van der Waals surface area contributed by atoms with E-state index in [9.17, 15) is 5.11 Å². The van der Waals surface area contributed by atoms with E-state index in [1.807, 2.05) is 6.92 Å². The summed E-state index contributed by atoms with van der Waals surface area (Å²) in [7, 11) is 0. The Bertz CT molecular complexity index is 412. The number of aromatic hydroxyl groups is 1. The largest absolute Gasteiger partial charge is 0.506 e. The number of rotatable bonds is 3. The van der Waals surface area contributed by atoms with Crippen LogP contribution in [0.1, 0.15) is 18.9 Å². The standard InChI is InChI=1S/C12H15Cl2NO2/c1-7-11(2-3-17-7)15-6-8-4-9(13)5-10(14)12(8)16/h4-5,7,11,15-16H,2-3,6H2,1H3. The minimum absolute atomic E-state index is 0.0927. The van der Waals surface area contributed by atoms with Crippen molar-refractivity contribution in [1.82, 2.24) is 5.32 Å². The summed E-state index contributed by atoms with van der Waals surface area (Å²) in [4.78, 5) is 0. The molecule has 2 N–H and O–H groups in total. The lowest BCUT2D eigenvalue weighted by Crippen LogP contribution is -2.34. The topological polar surface area (TPSA) is 41.5 Å². The van der Waals surface area contributed by atoms with Crippen molar-refractivity contribution >= 4 is 23.2 Å². The number of phenols is 1. The number of hydrogen-bond donors (Lipinski definition) is 2. The maximum Gasteiger partial charge on any atom is 0.138 e. The molecule has 0 saturated carbocycles. The summed E-state index contributed by atoms with van der Waals surface area (Å²) in [5, 5.41) is 14.0. The van der Waals surface area contributed by atoms with Crippen LogP contribution in [0.4, 0.5) is 0 Å². The van der Waals surface area contributed by atoms with E-state index in [2.05, 4.69) is 5.32 Å². The van der Waals surface area contributed by atoms with Crippen molar-refractivity contribution in [2.45, 2.75) is 32.0 Å². The Morgan fingerprint density at radius 3 is 2.88 bits per heavy atom. The second kappa shape index (κ2) is 5.44. The highest BCUT2D eigenvalue weighted by molar-refractivity contribution is 6.35. The molecule has 94 valence electrons. The number of phenolic OH excluding ortho intramolecular Hbond substituents is 1. The minimum atomic E-state index is 0.0927. The number of benzene rings is 1. The molecule has 0 aromatic heterocycles. The van der Waals surface area contributed by atoms with Gasteiger partial charge in [-0.15, -0.1) is 0 Å². The second-order valence-corrected chi connectivity index (χ2v) is 5.09. The van der Waals surface area contributed by atoms with E-state index in [4.69, 9.17) is 27.9 Å². The Morgan fingerprint density at radius 1 is 1.47 bits per heavy atom. The van der Waals surface area contributed by atoms with Gasteiger partial charge in [0.1, 0.15) is 5.75 Å². The molecule has 0 aliphatic carbocycles. The Hall–Kier alpha value is -0.480. The van der Waals surface area contributed by atoms with Crippen LogP contribution in [-0.4, -0.2) is 23.9 Å². The van der Waals surface area contributed by atoms with Crippen molar-refractivity contribution in [3.05, 3.63) is 27.7 Å². The first-order chi connectivity index (χ1) is 8.08. The summed E-state index contributed by atoms with van der Waals surface area (Å²) >= 11 is 11.8. The van der Waals surface area contributed by atoms with Crippen LogP contribution in [0.2, 0.25) is 10.0 Å². The first-order valence-electron chi connectivity index (χ1n) is 5.60. The first-order valence-corrected chi connectivity index (χ1v) is 6.35. The van der Waals surface area contributed by atoms with E-state index >= 15 is 0 Å². The highest BCUT2D eigenvalue weighted by Crippen LogP contribution is 2.31. The lowest BCUT2D eigenvalue weighted by molar-refractivity contribution is 0.113. The Balaban J connectivity index is 2.03. The van der Waals surface area contributed by atoms with E-state index in [1.54, 1.807) is 6.07 Å². The van der Waals surface area contributed by atoms with Gasteiger partial charge in [0.2, 0.25) is 0 Å². The fourth-order valence-corrected chi connectivity index (χ4v) is 2.53. The van der Waals surface area contributed by atoms with Crippen LogP contribution in [0.25, 0.3) is 0 Å². The molecule has 1 saturated heterocycles. The van der Waals surface area contributed by atoms with Gasteiger partial charge in [-0.25, -0.2) is 0 Å². The van der Waals surface area contributed by atoms with E-state index in [-0.39, 0.29) is 16.9 Å². The molecule has 1 aliphatic heterocycles. The van der Waals surface area contributed by atoms with Gasteiger partial charge < -0.3 is 15.2 Å². The van der Waals surface area contributed by atoms with Gasteiger partial charge in [-0.2, -0.15) is 0 Å². The van der Waals surface area contributed by atoms with E-state index < -0.39 is 0 Å². The summed E-state index contributed by atoms with van der Waals surface area (Å²) in [5.41, 5.74) is 0.710. The second-order valence-electron chi connectivity index (χ2n) is 4.25. The van der Waals surface area contributed by atoms with E-state index in [0.29, 0.717) is 23.2 Å². The highest BCUT2D eigenvalue weighted by Gasteiger charge is 2.23. The molecule has 3 nitrogen and oxygen atoms in total. The first kappa shape index (κ1) is 13.0. The van der Waals surface area contributed by atoms with Crippen molar-refractivity contribution in [2.24, 2.45) is 0 Å². The van der Waals surface area contributed by atoms with Crippen molar-refractivity contribution < 1.29 is 9.84 Å². The SMILES string of the molecule is CC1OCCC1NCc1cc(Cl)cc(Cl)c1O. The van der Waals surface area contributed by atoms with Crippen molar-refractivity contribution in [2.75, 3.05) is 6.61 Å². The minimum Gasteiger partial charge on any atom is -0.506 e. The van der Waals surface area contributed by atoms with Crippen LogP contribution in [0, 0.1) is 0 Å². The van der Waals surface area contributed by atoms with Crippen LogP contribution in [0.15, 0.2) is 12.1 Å². The lowest BCUT2D eigenvalue weighted by Gasteiger charge is -2.16. The molecule has 2 rings (SSSR count). The van der Waals surface area contributed by atoms with Gasteiger partial charge in [-0.3, -0.25) is 0 Å². The normalized spacial score (nSPS) is 24.2. The molecule has 1 fully saturated rings. The number of ether oxygens (including phenoxy) is 1. The van der Waals surface area contributed by atoms with Crippen molar-refractivity contribution in [1.29, 1.82) is 0 Å². The highest BCUT2D eigenvalue weighted by atomic mass is 35.5. The zero-order chi connectivity index (χ0) is 12.4. The van der Waals surface area contributed by atoms with E-state index in [1.165, 1.54) is 6.07 Å². The van der Waals surface area contributed by atoms with Crippen LogP contribution < -0.4 is 5.32 Å². The summed E-state index contributed by atoms with van der Waals surface area (Å²) in [6.45, 7) is 3.35. The Morgan fingerprint density at radius 2 is 2.24 bits per heavy atom. The smallest absolute Gasteiger partial charge is 0.138 e. The van der Waals surface area contributed by atoms with Crippen LogP contribution in [0.3, 0.4) is 0 Å². The maximum atomic E-state index is 9.80. The maximum absolute atomic E-state index is 9.80. The third-order valence-corrected chi connectivity index (χ3v) is 3.54. The molecule has 0 radical (unpaired) electrons. The summed E-state index contributed by atoms with van der Waals surface area (Å²) < 4.78 is 5.45. The van der Waals surface area contributed by atoms with Gasteiger partial charge in [-0.05, 0) is 25.5 Å². The number of halogens is 2. The van der Waals surface area contributed by atoms with Gasteiger partial charge in [0.25, 0.3) is 0 Å². The number of nitrogens with one attached hydrogen (secondary N) is 1. The van der Waals surface area contributed by atoms with Gasteiger partial charge >= 0.3 is 0 Å². The molecule has 0 amide bonds. The molecular weight excluding hydrogens is 261 g/mol. The zero-order valence-electron chi connectivity index (χ0n) is 9.54. The van der Waals surface area contributed by atoms with Gasteiger partial charge in [-0.1, -0.05) is 23.2 Å². The fourth-order valence-electron chi connectivity index (χ4n) is 1.99. The average molecular weight is 276 g/mol. The van der Waals surface area contributed by atoms with Crippen molar-refractivity contribution in [3.63, 3.8) is 0 Å². The predicted octanol–water partition coefficient (Wildman–Crippen LogP) is 2.97. The summed E-state index contributed by atoms with van der Waals surface area (Å²) in [5.74, 6) is 0.0927. The molecule has 2 unspecified atom stereocenters. The average Bonchev–Trinajstić information content (AvgIpc) is 2.67. The third kappa shape index (κ3) is 3.05. The fraction of sp³-hybridized carbons (Fsp3) is 0.500. The molecule has 1 aromatic carbocycles. The molecule has 1 aliphatic rings. The predicted molar refractivity (Wildman–Crippen MR) is 68.8 cm³/mol. The summed E-state index contributed by atoms with van der Waals surface area (Å²) in [6.07, 6.45) is 1.18. The van der Waals surface area contributed by atoms with Gasteiger partial charge in [0.05, 0.1) is 11.1 Å². The quantitative estimate of drug-likeness (QED) is 0.891. The van der Waals surface area contributed by atoms with Gasteiger partial charge in [0, 0.05) is 29.8 Å². The number of hydrogen-bond acceptors (Lipinski definition) is 3. The molecule has 1 aromatic rings. The van der Waals surface area contributed by atoms with Gasteiger partial charge in [0.15, 0.2) is 0 Å². The molecule has 0 bridgehead atoms. The lowest BCUT2D eigenvalue weighted by atomic mass is 10.1. The van der Waals surface area contributed by atoms with Crippen LogP contribution in [-0.2, 0) is 11.3 Å². The molecule has 17 heavy (non-hydrogen) atoms. The summed E-state index contributed by atoms with van der Waals surface area (Å²) in [6, 6.07) is 3.56. The molecule has 2 atom stereocenters. The zero-order valence-corrected chi connectivity index (χ0v) is 11.1. The molecule has 1 heterocycles. The Labute approximate surface area is 111 Å². The van der Waals surface area contributed by atoms with Crippen molar-refractivity contribution in [3.8, 4) is 5.75 Å². The molecular formula is C12H15Cl2NO2. The Kier molecular flexibility index (Phi) is 4.15. The monoisotopic (exact) mass is 275 g/mol. The van der Waals surface area contributed by atoms with Crippen LogP contribution in [0.5, 0.6) is 5.75 Å². The van der Waals surface area contributed by atoms with E-state index in [0.717, 1.165) is 13.0 Å². The molecule has 0 spiro atoms. The van der Waals surface area contributed by atoms with Crippen LogP contribution >= 0.6 is 23.2 Å². The molecule has 5 heteroatoms. The third-order valence-electron chi connectivity index (χ3n) is 3.04.